The molecule has 0 bridgehead atoms. The van der Waals surface area contributed by atoms with Gasteiger partial charge in [0.15, 0.2) is 0 Å². The molecular weight excluding hydrogens is 238 g/mol. The maximum atomic E-state index is 9.38. The third-order valence-electron chi connectivity index (χ3n) is 3.00. The molecule has 0 aliphatic heterocycles. The first-order valence-electron chi connectivity index (χ1n) is 6.11. The van der Waals surface area contributed by atoms with Crippen molar-refractivity contribution in [1.82, 2.24) is 9.97 Å². The molecule has 1 aromatic rings. The monoisotopic (exact) mass is 255 g/mol. The highest BCUT2D eigenvalue weighted by Gasteiger charge is 2.26. The lowest BCUT2D eigenvalue weighted by Crippen LogP contribution is -2.28. The van der Waals surface area contributed by atoms with Gasteiger partial charge in [-0.25, -0.2) is 9.97 Å². The Balaban J connectivity index is 2.23. The van der Waals surface area contributed by atoms with Crippen molar-refractivity contribution in [1.29, 1.82) is 0 Å². The Kier molecular flexibility index (Phi) is 4.18. The molecule has 1 N–H and O–H groups in total. The number of aromatic nitrogens is 2. The van der Waals surface area contributed by atoms with Gasteiger partial charge in [-0.05, 0) is 25.2 Å². The van der Waals surface area contributed by atoms with Crippen LogP contribution < -0.4 is 4.90 Å². The van der Waals surface area contributed by atoms with Crippen molar-refractivity contribution in [2.45, 2.75) is 32.8 Å². The third-order valence-corrected chi connectivity index (χ3v) is 3.32. The van der Waals surface area contributed by atoms with Crippen LogP contribution in [0.15, 0.2) is 6.33 Å². The van der Waals surface area contributed by atoms with Gasteiger partial charge in [-0.3, -0.25) is 0 Å². The molecule has 1 saturated carbocycles. The van der Waals surface area contributed by atoms with Crippen LogP contribution in [0.2, 0.25) is 5.15 Å². The fourth-order valence-electron chi connectivity index (χ4n) is 1.96. The van der Waals surface area contributed by atoms with Crippen LogP contribution in [-0.2, 0) is 6.61 Å². The highest BCUT2D eigenvalue weighted by Crippen LogP contribution is 2.32. The van der Waals surface area contributed by atoms with Crippen molar-refractivity contribution in [2.75, 3.05) is 18.0 Å². The van der Waals surface area contributed by atoms with Gasteiger partial charge in [0.25, 0.3) is 0 Å². The van der Waals surface area contributed by atoms with Crippen LogP contribution in [0.25, 0.3) is 0 Å². The van der Waals surface area contributed by atoms with Gasteiger partial charge < -0.3 is 10.0 Å². The first kappa shape index (κ1) is 12.6. The van der Waals surface area contributed by atoms with Gasteiger partial charge in [-0.1, -0.05) is 18.5 Å². The molecule has 1 aliphatic carbocycles. The largest absolute Gasteiger partial charge is 0.391 e. The smallest absolute Gasteiger partial charge is 0.140 e. The van der Waals surface area contributed by atoms with E-state index < -0.39 is 0 Å². The minimum absolute atomic E-state index is 0.111. The number of anilines is 1. The molecule has 0 unspecified atom stereocenters. The van der Waals surface area contributed by atoms with Gasteiger partial charge in [-0.15, -0.1) is 0 Å². The average molecular weight is 256 g/mol. The minimum atomic E-state index is -0.111. The van der Waals surface area contributed by atoms with Crippen LogP contribution in [0.4, 0.5) is 5.82 Å². The second-order valence-corrected chi connectivity index (χ2v) is 4.87. The van der Waals surface area contributed by atoms with Crippen molar-refractivity contribution in [2.24, 2.45) is 5.92 Å². The summed E-state index contributed by atoms with van der Waals surface area (Å²) in [6.07, 6.45) is 5.12. The predicted octanol–water partition coefficient (Wildman–Crippen LogP) is 2.25. The van der Waals surface area contributed by atoms with Gasteiger partial charge in [-0.2, -0.15) is 0 Å². The number of aliphatic hydroxyl groups excluding tert-OH is 1. The fraction of sp³-hybridized carbons (Fsp3) is 0.667. The molecule has 1 heterocycles. The van der Waals surface area contributed by atoms with Gasteiger partial charge in [0.1, 0.15) is 17.3 Å². The number of hydrogen-bond donors (Lipinski definition) is 1. The molecule has 4 nitrogen and oxygen atoms in total. The molecule has 0 saturated heterocycles. The Hall–Kier alpha value is -0.870. The van der Waals surface area contributed by atoms with E-state index in [0.717, 1.165) is 31.2 Å². The Labute approximate surface area is 107 Å². The Morgan fingerprint density at radius 1 is 1.47 bits per heavy atom. The molecule has 2 rings (SSSR count). The fourth-order valence-corrected chi connectivity index (χ4v) is 2.14. The van der Waals surface area contributed by atoms with E-state index in [1.54, 1.807) is 0 Å². The number of halogens is 1. The van der Waals surface area contributed by atoms with Gasteiger partial charge >= 0.3 is 0 Å². The molecule has 5 heteroatoms. The number of rotatable bonds is 6. The summed E-state index contributed by atoms with van der Waals surface area (Å²) < 4.78 is 0. The Bertz CT molecular complexity index is 382. The van der Waals surface area contributed by atoms with E-state index in [4.69, 9.17) is 11.6 Å². The summed E-state index contributed by atoms with van der Waals surface area (Å²) in [5.74, 6) is 1.57. The number of aliphatic hydroxyl groups is 1. The molecule has 0 radical (unpaired) electrons. The molecule has 17 heavy (non-hydrogen) atoms. The molecule has 0 aromatic carbocycles. The standard InChI is InChI=1S/C12H18ClN3O/c1-2-5-16(6-9-3-4-9)12-10(7-17)11(13)14-8-15-12/h8-9,17H,2-7H2,1H3. The molecule has 1 aromatic heterocycles. The van der Waals surface area contributed by atoms with Gasteiger partial charge in [0.05, 0.1) is 12.2 Å². The third kappa shape index (κ3) is 3.07. The summed E-state index contributed by atoms with van der Waals surface area (Å²) in [5.41, 5.74) is 0.642. The van der Waals surface area contributed by atoms with Crippen LogP contribution >= 0.6 is 11.6 Å². The molecule has 0 amide bonds. The summed E-state index contributed by atoms with van der Waals surface area (Å²) in [4.78, 5) is 10.4. The number of hydrogen-bond acceptors (Lipinski definition) is 4. The zero-order chi connectivity index (χ0) is 12.3. The highest BCUT2D eigenvalue weighted by atomic mass is 35.5. The Morgan fingerprint density at radius 3 is 2.82 bits per heavy atom. The average Bonchev–Trinajstić information content (AvgIpc) is 3.12. The van der Waals surface area contributed by atoms with Crippen LogP contribution in [0.5, 0.6) is 0 Å². The minimum Gasteiger partial charge on any atom is -0.391 e. The lowest BCUT2D eigenvalue weighted by molar-refractivity contribution is 0.281. The molecule has 1 fully saturated rings. The van der Waals surface area contributed by atoms with Gasteiger partial charge in [0.2, 0.25) is 0 Å². The second kappa shape index (κ2) is 5.65. The summed E-state index contributed by atoms with van der Waals surface area (Å²) in [6.45, 7) is 3.98. The van der Waals surface area contributed by atoms with E-state index in [1.165, 1.54) is 19.2 Å². The van der Waals surface area contributed by atoms with E-state index in [9.17, 15) is 5.11 Å². The number of nitrogens with zero attached hydrogens (tertiary/aromatic N) is 3. The highest BCUT2D eigenvalue weighted by molar-refractivity contribution is 6.30. The van der Waals surface area contributed by atoms with Crippen LogP contribution in [0.1, 0.15) is 31.7 Å². The van der Waals surface area contributed by atoms with E-state index in [1.807, 2.05) is 0 Å². The molecule has 1 aliphatic rings. The first-order valence-corrected chi connectivity index (χ1v) is 6.49. The van der Waals surface area contributed by atoms with Crippen LogP contribution in [0, 0.1) is 5.92 Å². The summed E-state index contributed by atoms with van der Waals surface area (Å²) in [7, 11) is 0. The quantitative estimate of drug-likeness (QED) is 0.792. The lowest BCUT2D eigenvalue weighted by Gasteiger charge is -2.25. The first-order chi connectivity index (χ1) is 8.26. The van der Waals surface area contributed by atoms with Crippen molar-refractivity contribution >= 4 is 17.4 Å². The van der Waals surface area contributed by atoms with Crippen molar-refractivity contribution in [3.05, 3.63) is 17.0 Å². The van der Waals surface area contributed by atoms with Crippen molar-refractivity contribution in [3.8, 4) is 0 Å². The van der Waals surface area contributed by atoms with E-state index in [2.05, 4.69) is 21.8 Å². The van der Waals surface area contributed by atoms with Crippen LogP contribution in [0.3, 0.4) is 0 Å². The maximum Gasteiger partial charge on any atom is 0.140 e. The van der Waals surface area contributed by atoms with Gasteiger partial charge in [0, 0.05) is 13.1 Å². The summed E-state index contributed by atoms with van der Waals surface area (Å²) in [6, 6.07) is 0. The van der Waals surface area contributed by atoms with Crippen molar-refractivity contribution < 1.29 is 5.11 Å². The molecule has 0 atom stereocenters. The normalized spacial score (nSPS) is 15.0. The molecule has 0 spiro atoms. The predicted molar refractivity (Wildman–Crippen MR) is 68.2 cm³/mol. The van der Waals surface area contributed by atoms with E-state index in [-0.39, 0.29) is 6.61 Å². The van der Waals surface area contributed by atoms with Crippen LogP contribution in [-0.4, -0.2) is 28.2 Å². The van der Waals surface area contributed by atoms with E-state index in [0.29, 0.717) is 10.7 Å². The maximum absolute atomic E-state index is 9.38. The molecular formula is C12H18ClN3O. The van der Waals surface area contributed by atoms with Crippen molar-refractivity contribution in [3.63, 3.8) is 0 Å². The second-order valence-electron chi connectivity index (χ2n) is 4.51. The zero-order valence-corrected chi connectivity index (χ0v) is 10.8. The SMILES string of the molecule is CCCN(CC1CC1)c1ncnc(Cl)c1CO. The zero-order valence-electron chi connectivity index (χ0n) is 10.1. The Morgan fingerprint density at radius 2 is 2.24 bits per heavy atom. The topological polar surface area (TPSA) is 49.2 Å². The van der Waals surface area contributed by atoms with E-state index >= 15 is 0 Å². The molecule has 94 valence electrons. The summed E-state index contributed by atoms with van der Waals surface area (Å²) >= 11 is 5.99. The lowest BCUT2D eigenvalue weighted by atomic mass is 10.2. The summed E-state index contributed by atoms with van der Waals surface area (Å²) in [5, 5.41) is 9.73.